The van der Waals surface area contributed by atoms with Gasteiger partial charge in [0.2, 0.25) is 0 Å². The summed E-state index contributed by atoms with van der Waals surface area (Å²) >= 11 is 1.86. The number of amides is 2. The van der Waals surface area contributed by atoms with Crippen LogP contribution in [0.25, 0.3) is 11.1 Å². The van der Waals surface area contributed by atoms with Crippen LogP contribution in [0.4, 0.5) is 15.0 Å². The van der Waals surface area contributed by atoms with Crippen molar-refractivity contribution < 1.29 is 9.18 Å². The minimum atomic E-state index is -0.280. The molecule has 2 heterocycles. The van der Waals surface area contributed by atoms with Crippen LogP contribution in [-0.4, -0.2) is 45.3 Å². The predicted octanol–water partition coefficient (Wildman–Crippen LogP) is 3.37. The first-order valence-electron chi connectivity index (χ1n) is 8.05. The van der Waals surface area contributed by atoms with Gasteiger partial charge in [0.1, 0.15) is 11.6 Å². The highest BCUT2D eigenvalue weighted by Gasteiger charge is 2.22. The Labute approximate surface area is 145 Å². The number of nitrogens with zero attached hydrogens (tertiary/aromatic N) is 3. The van der Waals surface area contributed by atoms with Crippen LogP contribution < -0.4 is 5.32 Å². The van der Waals surface area contributed by atoms with Crippen LogP contribution >= 0.6 is 11.8 Å². The molecule has 7 heteroatoms. The molecule has 1 aromatic carbocycles. The third-order valence-corrected chi connectivity index (χ3v) is 5.05. The van der Waals surface area contributed by atoms with Gasteiger partial charge in [-0.25, -0.2) is 9.18 Å². The van der Waals surface area contributed by atoms with Gasteiger partial charge in [0.15, 0.2) is 0 Å². The first-order valence-corrected chi connectivity index (χ1v) is 9.21. The molecule has 1 aromatic heterocycles. The van der Waals surface area contributed by atoms with Gasteiger partial charge in [0, 0.05) is 37.2 Å². The first kappa shape index (κ1) is 16.8. The Balaban J connectivity index is 1.93. The summed E-state index contributed by atoms with van der Waals surface area (Å²) in [4.78, 5) is 14.4. The smallest absolute Gasteiger partial charge is 0.323 e. The average molecular weight is 348 g/mol. The quantitative estimate of drug-likeness (QED) is 0.925. The van der Waals surface area contributed by atoms with Gasteiger partial charge >= 0.3 is 6.03 Å². The van der Waals surface area contributed by atoms with Gasteiger partial charge in [0.05, 0.1) is 5.69 Å². The second kappa shape index (κ2) is 7.25. The van der Waals surface area contributed by atoms with Crippen LogP contribution in [0.3, 0.4) is 0 Å². The van der Waals surface area contributed by atoms with Crippen LogP contribution in [-0.2, 0) is 13.5 Å². The number of hydrogen-bond acceptors (Lipinski definition) is 3. The summed E-state index contributed by atoms with van der Waals surface area (Å²) in [6, 6.07) is 6.19. The van der Waals surface area contributed by atoms with E-state index in [2.05, 4.69) is 10.4 Å². The molecule has 128 valence electrons. The molecular weight excluding hydrogens is 327 g/mol. The number of aryl methyl sites for hydroxylation is 2. The zero-order valence-corrected chi connectivity index (χ0v) is 14.7. The zero-order valence-electron chi connectivity index (χ0n) is 13.9. The van der Waals surface area contributed by atoms with E-state index in [1.165, 1.54) is 12.1 Å². The lowest BCUT2D eigenvalue weighted by atomic mass is 10.0. The molecule has 24 heavy (non-hydrogen) atoms. The Morgan fingerprint density at radius 1 is 1.29 bits per heavy atom. The number of rotatable bonds is 3. The fourth-order valence-electron chi connectivity index (χ4n) is 2.84. The number of carbonyl (C=O) groups is 1. The Morgan fingerprint density at radius 2 is 1.96 bits per heavy atom. The predicted molar refractivity (Wildman–Crippen MR) is 95.9 cm³/mol. The van der Waals surface area contributed by atoms with E-state index in [1.807, 2.05) is 30.6 Å². The number of urea groups is 1. The number of thioether (sulfide) groups is 1. The Hall–Kier alpha value is -2.02. The first-order chi connectivity index (χ1) is 11.6. The minimum Gasteiger partial charge on any atom is -0.323 e. The molecule has 3 rings (SSSR count). The van der Waals surface area contributed by atoms with E-state index in [0.717, 1.165) is 47.8 Å². The molecule has 0 unspecified atom stereocenters. The summed E-state index contributed by atoms with van der Waals surface area (Å²) in [6.07, 6.45) is 0.733. The van der Waals surface area contributed by atoms with Crippen molar-refractivity contribution in [3.63, 3.8) is 0 Å². The molecule has 0 bridgehead atoms. The number of carbonyl (C=O) groups excluding carboxylic acids is 1. The molecule has 0 saturated carbocycles. The summed E-state index contributed by atoms with van der Waals surface area (Å²) in [6.45, 7) is 3.52. The lowest BCUT2D eigenvalue weighted by Gasteiger charge is -2.26. The van der Waals surface area contributed by atoms with Gasteiger partial charge in [-0.05, 0) is 24.1 Å². The van der Waals surface area contributed by atoms with E-state index in [0.29, 0.717) is 5.82 Å². The zero-order chi connectivity index (χ0) is 17.1. The van der Waals surface area contributed by atoms with Crippen LogP contribution in [0.15, 0.2) is 24.3 Å². The number of anilines is 1. The third-order valence-electron chi connectivity index (χ3n) is 4.11. The van der Waals surface area contributed by atoms with Gasteiger partial charge in [-0.1, -0.05) is 19.1 Å². The maximum absolute atomic E-state index is 13.2. The van der Waals surface area contributed by atoms with Gasteiger partial charge < -0.3 is 4.90 Å². The molecule has 0 radical (unpaired) electrons. The summed E-state index contributed by atoms with van der Waals surface area (Å²) in [5.74, 6) is 2.30. The standard InChI is InChI=1S/C17H21FN4OS/c1-3-14-15(12-4-6-13(18)7-5-12)16(21(2)20-14)19-17(23)22-8-10-24-11-9-22/h4-7H,3,8-11H2,1-2H3,(H,19,23). The summed E-state index contributed by atoms with van der Waals surface area (Å²) < 4.78 is 14.9. The molecule has 0 aliphatic carbocycles. The van der Waals surface area contributed by atoms with Crippen LogP contribution in [0.2, 0.25) is 0 Å². The Morgan fingerprint density at radius 3 is 2.58 bits per heavy atom. The summed E-state index contributed by atoms with van der Waals surface area (Å²) in [5, 5.41) is 7.51. The van der Waals surface area contributed by atoms with E-state index in [9.17, 15) is 9.18 Å². The van der Waals surface area contributed by atoms with Crippen LogP contribution in [0.1, 0.15) is 12.6 Å². The lowest BCUT2D eigenvalue weighted by Crippen LogP contribution is -2.41. The molecule has 0 atom stereocenters. The molecule has 2 amide bonds. The monoisotopic (exact) mass is 348 g/mol. The fourth-order valence-corrected chi connectivity index (χ4v) is 3.74. The second-order valence-corrected chi connectivity index (χ2v) is 6.91. The van der Waals surface area contributed by atoms with Crippen molar-refractivity contribution in [2.75, 3.05) is 29.9 Å². The average Bonchev–Trinajstić information content (AvgIpc) is 2.92. The van der Waals surface area contributed by atoms with E-state index >= 15 is 0 Å². The molecule has 1 aliphatic rings. The maximum atomic E-state index is 13.2. The largest absolute Gasteiger partial charge is 0.323 e. The van der Waals surface area contributed by atoms with E-state index in [1.54, 1.807) is 16.8 Å². The molecule has 5 nitrogen and oxygen atoms in total. The molecule has 0 spiro atoms. The van der Waals surface area contributed by atoms with Gasteiger partial charge in [-0.2, -0.15) is 16.9 Å². The van der Waals surface area contributed by atoms with E-state index < -0.39 is 0 Å². The topological polar surface area (TPSA) is 50.2 Å². The van der Waals surface area contributed by atoms with E-state index in [4.69, 9.17) is 0 Å². The van der Waals surface area contributed by atoms with Crippen molar-refractivity contribution in [1.82, 2.24) is 14.7 Å². The van der Waals surface area contributed by atoms with Crippen molar-refractivity contribution in [2.45, 2.75) is 13.3 Å². The van der Waals surface area contributed by atoms with Crippen molar-refractivity contribution in [2.24, 2.45) is 7.05 Å². The summed E-state index contributed by atoms with van der Waals surface area (Å²) in [7, 11) is 1.81. The number of nitrogens with one attached hydrogen (secondary N) is 1. The molecule has 1 saturated heterocycles. The molecule has 1 N–H and O–H groups in total. The van der Waals surface area contributed by atoms with Crippen LogP contribution in [0.5, 0.6) is 0 Å². The van der Waals surface area contributed by atoms with Gasteiger partial charge in [0.25, 0.3) is 0 Å². The highest BCUT2D eigenvalue weighted by atomic mass is 32.2. The minimum absolute atomic E-state index is 0.107. The third kappa shape index (κ3) is 3.40. The SMILES string of the molecule is CCc1nn(C)c(NC(=O)N2CCSCC2)c1-c1ccc(F)cc1. The maximum Gasteiger partial charge on any atom is 0.323 e. The van der Waals surface area contributed by atoms with Crippen molar-refractivity contribution >= 4 is 23.6 Å². The summed E-state index contributed by atoms with van der Waals surface area (Å²) in [5.41, 5.74) is 2.60. The van der Waals surface area contributed by atoms with Crippen molar-refractivity contribution in [3.05, 3.63) is 35.8 Å². The van der Waals surface area contributed by atoms with Gasteiger partial charge in [-0.3, -0.25) is 10.00 Å². The molecule has 2 aromatic rings. The van der Waals surface area contributed by atoms with Gasteiger partial charge in [-0.15, -0.1) is 0 Å². The molecule has 1 aliphatic heterocycles. The molecule has 1 fully saturated rings. The fraction of sp³-hybridized carbons (Fsp3) is 0.412. The number of aromatic nitrogens is 2. The highest BCUT2D eigenvalue weighted by molar-refractivity contribution is 7.99. The lowest BCUT2D eigenvalue weighted by molar-refractivity contribution is 0.217. The second-order valence-electron chi connectivity index (χ2n) is 5.68. The van der Waals surface area contributed by atoms with Crippen molar-refractivity contribution in [1.29, 1.82) is 0 Å². The molecular formula is C17H21FN4OS. The normalized spacial score (nSPS) is 14.7. The van der Waals surface area contributed by atoms with Crippen molar-refractivity contribution in [3.8, 4) is 11.1 Å². The number of halogens is 1. The number of hydrogen-bond donors (Lipinski definition) is 1. The Bertz CT molecular complexity index is 723. The highest BCUT2D eigenvalue weighted by Crippen LogP contribution is 2.32. The van der Waals surface area contributed by atoms with Crippen LogP contribution in [0, 0.1) is 5.82 Å². The Kier molecular flexibility index (Phi) is 5.08. The number of benzene rings is 1. The van der Waals surface area contributed by atoms with E-state index in [-0.39, 0.29) is 11.8 Å².